The molecule has 106 valence electrons. The van der Waals surface area contributed by atoms with E-state index in [1.165, 1.54) is 0 Å². The molecule has 0 spiro atoms. The third-order valence-corrected chi connectivity index (χ3v) is 4.32. The Bertz CT molecular complexity index is 308. The second kappa shape index (κ2) is 4.94. The Morgan fingerprint density at radius 3 is 2.22 bits per heavy atom. The zero-order valence-corrected chi connectivity index (χ0v) is 12.7. The second-order valence-corrected chi connectivity index (χ2v) is 7.46. The van der Waals surface area contributed by atoms with Crippen molar-refractivity contribution < 1.29 is 8.78 Å². The van der Waals surface area contributed by atoms with Gasteiger partial charge in [0.2, 0.25) is 0 Å². The number of allylic oxidation sites excluding steroid dienone is 2. The van der Waals surface area contributed by atoms with E-state index < -0.39 is 11.3 Å². The molecule has 1 aliphatic carbocycles. The Morgan fingerprint density at radius 2 is 1.72 bits per heavy atom. The first-order chi connectivity index (χ1) is 7.93. The molecule has 1 rings (SSSR count). The molecule has 0 aromatic heterocycles. The molecule has 0 aromatic carbocycles. The average Bonchev–Trinajstić information content (AvgIpc) is 2.18. The van der Waals surface area contributed by atoms with Crippen LogP contribution in [0, 0.1) is 17.3 Å². The predicted molar refractivity (Wildman–Crippen MR) is 74.1 cm³/mol. The fourth-order valence-corrected chi connectivity index (χ4v) is 3.02. The Kier molecular flexibility index (Phi) is 4.30. The Labute approximate surface area is 111 Å². The van der Waals surface area contributed by atoms with E-state index in [4.69, 9.17) is 0 Å². The molecule has 0 bridgehead atoms. The van der Waals surface area contributed by atoms with Crippen molar-refractivity contribution in [2.24, 2.45) is 17.3 Å². The van der Waals surface area contributed by atoms with E-state index in [1.807, 2.05) is 6.08 Å². The van der Waals surface area contributed by atoms with E-state index in [-0.39, 0.29) is 11.3 Å². The van der Waals surface area contributed by atoms with Crippen LogP contribution in [0.3, 0.4) is 0 Å². The minimum Gasteiger partial charge on any atom is -0.244 e. The van der Waals surface area contributed by atoms with Gasteiger partial charge >= 0.3 is 0 Å². The Balaban J connectivity index is 2.85. The maximum Gasteiger partial charge on any atom is 0.123 e. The van der Waals surface area contributed by atoms with Crippen molar-refractivity contribution in [2.45, 2.75) is 72.1 Å². The molecule has 0 amide bonds. The molecule has 0 saturated heterocycles. The molecule has 1 aliphatic rings. The van der Waals surface area contributed by atoms with Crippen molar-refractivity contribution in [1.82, 2.24) is 0 Å². The van der Waals surface area contributed by atoms with Gasteiger partial charge in [-0.05, 0) is 57.3 Å². The molecule has 1 fully saturated rings. The monoisotopic (exact) mass is 258 g/mol. The average molecular weight is 258 g/mol. The molecular weight excluding hydrogens is 230 g/mol. The molecule has 0 N–H and O–H groups in total. The van der Waals surface area contributed by atoms with Crippen LogP contribution in [-0.2, 0) is 0 Å². The van der Waals surface area contributed by atoms with Crippen LogP contribution in [0.2, 0.25) is 0 Å². The normalized spacial score (nSPS) is 35.1. The summed E-state index contributed by atoms with van der Waals surface area (Å²) in [5.41, 5.74) is -2.52. The van der Waals surface area contributed by atoms with Gasteiger partial charge in [-0.3, -0.25) is 0 Å². The molecule has 0 nitrogen and oxygen atoms in total. The van der Waals surface area contributed by atoms with Gasteiger partial charge in [-0.15, -0.1) is 0 Å². The molecule has 0 aliphatic heterocycles. The van der Waals surface area contributed by atoms with Crippen molar-refractivity contribution in [1.29, 1.82) is 0 Å². The second-order valence-electron chi connectivity index (χ2n) is 7.46. The molecular formula is C16H28F2. The molecule has 2 heteroatoms. The van der Waals surface area contributed by atoms with Gasteiger partial charge in [-0.25, -0.2) is 8.78 Å². The first-order valence-corrected chi connectivity index (χ1v) is 7.01. The lowest BCUT2D eigenvalue weighted by Gasteiger charge is -2.44. The van der Waals surface area contributed by atoms with Crippen LogP contribution in [0.4, 0.5) is 8.78 Å². The summed E-state index contributed by atoms with van der Waals surface area (Å²) in [6.45, 7) is 11.2. The Morgan fingerprint density at radius 1 is 1.17 bits per heavy atom. The fraction of sp³-hybridized carbons (Fsp3) is 0.875. The molecule has 0 aromatic rings. The Hall–Kier alpha value is -0.400. The topological polar surface area (TPSA) is 0 Å². The zero-order chi connectivity index (χ0) is 14.2. The summed E-state index contributed by atoms with van der Waals surface area (Å²) in [6.07, 6.45) is 5.71. The van der Waals surface area contributed by atoms with Gasteiger partial charge in [0.15, 0.2) is 0 Å². The largest absolute Gasteiger partial charge is 0.244 e. The van der Waals surface area contributed by atoms with E-state index in [0.717, 1.165) is 6.42 Å². The van der Waals surface area contributed by atoms with Crippen molar-refractivity contribution in [3.8, 4) is 0 Å². The van der Waals surface area contributed by atoms with Crippen LogP contribution in [0.15, 0.2) is 12.2 Å². The fourth-order valence-electron chi connectivity index (χ4n) is 3.02. The summed E-state index contributed by atoms with van der Waals surface area (Å²) in [5, 5.41) is 0. The lowest BCUT2D eigenvalue weighted by atomic mass is 9.62. The van der Waals surface area contributed by atoms with E-state index in [9.17, 15) is 8.78 Å². The van der Waals surface area contributed by atoms with E-state index in [1.54, 1.807) is 26.8 Å². The van der Waals surface area contributed by atoms with Crippen LogP contribution < -0.4 is 0 Å². The third-order valence-electron chi connectivity index (χ3n) is 4.32. The molecule has 0 heterocycles. The van der Waals surface area contributed by atoms with Crippen LogP contribution in [0.5, 0.6) is 0 Å². The summed E-state index contributed by atoms with van der Waals surface area (Å²) in [4.78, 5) is 0. The van der Waals surface area contributed by atoms with Gasteiger partial charge in [-0.2, -0.15) is 0 Å². The highest BCUT2D eigenvalue weighted by Gasteiger charge is 2.42. The molecule has 0 radical (unpaired) electrons. The van der Waals surface area contributed by atoms with Gasteiger partial charge < -0.3 is 0 Å². The summed E-state index contributed by atoms with van der Waals surface area (Å²) in [6, 6.07) is 0. The van der Waals surface area contributed by atoms with Gasteiger partial charge in [0.1, 0.15) is 11.3 Å². The predicted octanol–water partition coefficient (Wildman–Crippen LogP) is 5.48. The van der Waals surface area contributed by atoms with Gasteiger partial charge in [-0.1, -0.05) is 32.9 Å². The SMILES string of the molecule is CC1CCC(C)(F)CC1C(C)(C)/C=C/C(C)(C)F. The standard InChI is InChI=1S/C16H28F2/c1-12-7-8-16(6,18)11-13(12)14(2,3)9-10-15(4,5)17/h9-10,12-13H,7-8,11H2,1-6H3/b10-9+. The molecule has 3 atom stereocenters. The number of hydrogen-bond donors (Lipinski definition) is 0. The summed E-state index contributed by atoms with van der Waals surface area (Å²) < 4.78 is 27.8. The molecule has 18 heavy (non-hydrogen) atoms. The van der Waals surface area contributed by atoms with Crippen molar-refractivity contribution in [2.75, 3.05) is 0 Å². The number of alkyl halides is 2. The quantitative estimate of drug-likeness (QED) is 0.588. The van der Waals surface area contributed by atoms with Crippen molar-refractivity contribution in [3.63, 3.8) is 0 Å². The lowest BCUT2D eigenvalue weighted by Crippen LogP contribution is -2.39. The van der Waals surface area contributed by atoms with E-state index in [0.29, 0.717) is 18.8 Å². The number of rotatable bonds is 3. The van der Waals surface area contributed by atoms with Crippen LogP contribution in [-0.4, -0.2) is 11.3 Å². The number of hydrogen-bond acceptors (Lipinski definition) is 0. The minimum absolute atomic E-state index is 0.156. The summed E-state index contributed by atoms with van der Waals surface area (Å²) >= 11 is 0. The van der Waals surface area contributed by atoms with Crippen LogP contribution in [0.25, 0.3) is 0 Å². The van der Waals surface area contributed by atoms with E-state index >= 15 is 0 Å². The number of halogens is 2. The molecule has 3 unspecified atom stereocenters. The maximum atomic E-state index is 14.2. The summed E-state index contributed by atoms with van der Waals surface area (Å²) in [5.74, 6) is 0.774. The lowest BCUT2D eigenvalue weighted by molar-refractivity contribution is 0.0225. The van der Waals surface area contributed by atoms with Crippen LogP contribution in [0.1, 0.15) is 60.8 Å². The third kappa shape index (κ3) is 4.37. The minimum atomic E-state index is -1.30. The van der Waals surface area contributed by atoms with Crippen molar-refractivity contribution >= 4 is 0 Å². The maximum absolute atomic E-state index is 14.2. The van der Waals surface area contributed by atoms with Gasteiger partial charge in [0.05, 0.1) is 0 Å². The van der Waals surface area contributed by atoms with Crippen LogP contribution >= 0.6 is 0 Å². The smallest absolute Gasteiger partial charge is 0.123 e. The van der Waals surface area contributed by atoms with Gasteiger partial charge in [0, 0.05) is 0 Å². The molecule has 1 saturated carbocycles. The first-order valence-electron chi connectivity index (χ1n) is 7.01. The first kappa shape index (κ1) is 15.7. The highest BCUT2D eigenvalue weighted by molar-refractivity contribution is 5.07. The summed E-state index contributed by atoms with van der Waals surface area (Å²) in [7, 11) is 0. The highest BCUT2D eigenvalue weighted by Crippen LogP contribution is 2.47. The van der Waals surface area contributed by atoms with E-state index in [2.05, 4.69) is 20.8 Å². The van der Waals surface area contributed by atoms with Crippen molar-refractivity contribution in [3.05, 3.63) is 12.2 Å². The zero-order valence-electron chi connectivity index (χ0n) is 12.7. The highest BCUT2D eigenvalue weighted by atomic mass is 19.1. The van der Waals surface area contributed by atoms with Gasteiger partial charge in [0.25, 0.3) is 0 Å².